The highest BCUT2D eigenvalue weighted by Crippen LogP contribution is 2.22. The first-order valence-electron chi connectivity index (χ1n) is 5.67. The molecule has 0 spiro atoms. The Kier molecular flexibility index (Phi) is 2.67. The van der Waals surface area contributed by atoms with E-state index in [4.69, 9.17) is 0 Å². The maximum atomic E-state index is 3.96. The van der Waals surface area contributed by atoms with Crippen LogP contribution >= 0.6 is 0 Å². The van der Waals surface area contributed by atoms with Gasteiger partial charge in [0, 0.05) is 12.1 Å². The largest absolute Gasteiger partial charge is 0.313 e. The molecule has 0 fully saturated rings. The van der Waals surface area contributed by atoms with Gasteiger partial charge in [-0.1, -0.05) is 30.3 Å². The lowest BCUT2D eigenvalue weighted by Crippen LogP contribution is -2.19. The highest BCUT2D eigenvalue weighted by Gasteiger charge is 2.07. The number of aromatic nitrogens is 4. The van der Waals surface area contributed by atoms with Crippen molar-refractivity contribution in [2.24, 2.45) is 0 Å². The minimum atomic E-state index is 0.635. The Labute approximate surface area is 98.9 Å². The van der Waals surface area contributed by atoms with E-state index in [1.807, 2.05) is 12.1 Å². The fourth-order valence-electron chi connectivity index (χ4n) is 2.00. The minimum Gasteiger partial charge on any atom is -0.313 e. The van der Waals surface area contributed by atoms with Gasteiger partial charge in [0.1, 0.15) is 0 Å². The van der Waals surface area contributed by atoms with Crippen LogP contribution in [0.4, 0.5) is 0 Å². The summed E-state index contributed by atoms with van der Waals surface area (Å²) in [7, 11) is 0. The molecule has 17 heavy (non-hydrogen) atoms. The first-order chi connectivity index (χ1) is 8.43. The predicted molar refractivity (Wildman–Crippen MR) is 65.1 cm³/mol. The van der Waals surface area contributed by atoms with E-state index in [9.17, 15) is 0 Å². The third-order valence-electron chi connectivity index (χ3n) is 2.92. The molecular formula is C12H13N5. The zero-order valence-electron chi connectivity index (χ0n) is 9.35. The number of hydrogen-bond acceptors (Lipinski definition) is 4. The molecule has 1 aliphatic heterocycles. The van der Waals surface area contributed by atoms with Crippen LogP contribution in [0.25, 0.3) is 17.0 Å². The fraction of sp³-hybridized carbons (Fsp3) is 0.250. The van der Waals surface area contributed by atoms with E-state index >= 15 is 0 Å². The van der Waals surface area contributed by atoms with Gasteiger partial charge in [-0.2, -0.15) is 5.21 Å². The molecule has 5 heteroatoms. The third kappa shape index (κ3) is 2.09. The van der Waals surface area contributed by atoms with Gasteiger partial charge in [-0.25, -0.2) is 0 Å². The van der Waals surface area contributed by atoms with Gasteiger partial charge >= 0.3 is 0 Å². The van der Waals surface area contributed by atoms with Gasteiger partial charge in [-0.3, -0.25) is 0 Å². The molecule has 0 atom stereocenters. The summed E-state index contributed by atoms with van der Waals surface area (Å²) >= 11 is 0. The van der Waals surface area contributed by atoms with Crippen LogP contribution in [0.2, 0.25) is 0 Å². The van der Waals surface area contributed by atoms with Gasteiger partial charge in [0.2, 0.25) is 5.82 Å². The Morgan fingerprint density at radius 1 is 1.06 bits per heavy atom. The monoisotopic (exact) mass is 227 g/mol. The number of benzene rings is 1. The third-order valence-corrected chi connectivity index (χ3v) is 2.92. The molecule has 1 aromatic heterocycles. The van der Waals surface area contributed by atoms with Crippen molar-refractivity contribution in [2.45, 2.75) is 6.42 Å². The number of nitrogens with one attached hydrogen (secondary N) is 2. The average molecular weight is 227 g/mol. The zero-order valence-corrected chi connectivity index (χ0v) is 9.35. The molecule has 0 aliphatic carbocycles. The summed E-state index contributed by atoms with van der Waals surface area (Å²) in [4.78, 5) is 0. The maximum absolute atomic E-state index is 3.96. The second-order valence-electron chi connectivity index (χ2n) is 4.00. The standard InChI is InChI=1S/C12H13N5/c1-3-11(12-14-16-17-15-12)4-2-9(1)10-5-7-13-8-6-10/h1-5,13H,6-8H2,(H,14,15,16,17). The SMILES string of the molecule is C1=C(c2ccc(-c3nn[nH]n3)cc2)CCNC1. The highest BCUT2D eigenvalue weighted by atomic mass is 15.5. The number of H-pyrrole nitrogens is 1. The maximum Gasteiger partial charge on any atom is 0.204 e. The van der Waals surface area contributed by atoms with Crippen LogP contribution in [-0.4, -0.2) is 33.7 Å². The molecule has 5 nitrogen and oxygen atoms in total. The molecule has 86 valence electrons. The van der Waals surface area contributed by atoms with Crippen molar-refractivity contribution < 1.29 is 0 Å². The van der Waals surface area contributed by atoms with Crippen LogP contribution in [0.1, 0.15) is 12.0 Å². The molecule has 2 N–H and O–H groups in total. The van der Waals surface area contributed by atoms with Crippen molar-refractivity contribution in [3.63, 3.8) is 0 Å². The number of nitrogens with zero attached hydrogens (tertiary/aromatic N) is 3. The van der Waals surface area contributed by atoms with Crippen molar-refractivity contribution in [3.05, 3.63) is 35.9 Å². The van der Waals surface area contributed by atoms with Gasteiger partial charge in [0.05, 0.1) is 0 Å². The van der Waals surface area contributed by atoms with Gasteiger partial charge in [-0.05, 0) is 29.3 Å². The number of rotatable bonds is 2. The molecule has 1 aromatic carbocycles. The molecule has 3 rings (SSSR count). The summed E-state index contributed by atoms with van der Waals surface area (Å²) in [5.74, 6) is 0.635. The van der Waals surface area contributed by atoms with Crippen molar-refractivity contribution in [1.82, 2.24) is 25.9 Å². The number of tetrazole rings is 1. The van der Waals surface area contributed by atoms with Gasteiger partial charge in [0.15, 0.2) is 0 Å². The summed E-state index contributed by atoms with van der Waals surface area (Å²) < 4.78 is 0. The van der Waals surface area contributed by atoms with E-state index in [2.05, 4.69) is 44.1 Å². The topological polar surface area (TPSA) is 66.5 Å². The summed E-state index contributed by atoms with van der Waals surface area (Å²) in [5, 5.41) is 17.2. The van der Waals surface area contributed by atoms with Crippen LogP contribution in [-0.2, 0) is 0 Å². The first-order valence-corrected chi connectivity index (χ1v) is 5.67. The van der Waals surface area contributed by atoms with Crippen LogP contribution in [0.3, 0.4) is 0 Å². The van der Waals surface area contributed by atoms with Crippen molar-refractivity contribution >= 4 is 5.57 Å². The summed E-state index contributed by atoms with van der Waals surface area (Å²) in [6.07, 6.45) is 3.33. The molecule has 0 radical (unpaired) electrons. The van der Waals surface area contributed by atoms with E-state index in [0.29, 0.717) is 5.82 Å². The normalized spacial score (nSPS) is 15.6. The molecule has 1 aliphatic rings. The van der Waals surface area contributed by atoms with E-state index in [0.717, 1.165) is 25.1 Å². The van der Waals surface area contributed by atoms with Gasteiger partial charge in [-0.15, -0.1) is 10.2 Å². The predicted octanol–water partition coefficient (Wildman–Crippen LogP) is 1.24. The van der Waals surface area contributed by atoms with E-state index in [1.165, 1.54) is 11.1 Å². The Bertz CT molecular complexity index is 512. The fourth-order valence-corrected chi connectivity index (χ4v) is 2.00. The molecule has 2 aromatic rings. The van der Waals surface area contributed by atoms with E-state index < -0.39 is 0 Å². The van der Waals surface area contributed by atoms with Gasteiger partial charge in [0.25, 0.3) is 0 Å². The van der Waals surface area contributed by atoms with Crippen molar-refractivity contribution in [3.8, 4) is 11.4 Å². The smallest absolute Gasteiger partial charge is 0.204 e. The Morgan fingerprint density at radius 2 is 1.88 bits per heavy atom. The Morgan fingerprint density at radius 3 is 2.53 bits per heavy atom. The van der Waals surface area contributed by atoms with Crippen LogP contribution in [0, 0.1) is 0 Å². The Hall–Kier alpha value is -2.01. The lowest BCUT2D eigenvalue weighted by molar-refractivity contribution is 0.738. The lowest BCUT2D eigenvalue weighted by atomic mass is 9.99. The highest BCUT2D eigenvalue weighted by molar-refractivity contribution is 5.69. The first kappa shape index (κ1) is 10.2. The number of hydrogen-bond donors (Lipinski definition) is 2. The summed E-state index contributed by atoms with van der Waals surface area (Å²) in [6, 6.07) is 8.29. The van der Waals surface area contributed by atoms with Crippen LogP contribution < -0.4 is 5.32 Å². The second-order valence-corrected chi connectivity index (χ2v) is 4.00. The quantitative estimate of drug-likeness (QED) is 0.810. The molecule has 2 heterocycles. The second kappa shape index (κ2) is 4.47. The van der Waals surface area contributed by atoms with Gasteiger partial charge < -0.3 is 5.32 Å². The Balaban J connectivity index is 1.87. The zero-order chi connectivity index (χ0) is 11.5. The molecule has 0 amide bonds. The van der Waals surface area contributed by atoms with E-state index in [-0.39, 0.29) is 0 Å². The van der Waals surface area contributed by atoms with Crippen LogP contribution in [0.5, 0.6) is 0 Å². The van der Waals surface area contributed by atoms with Crippen molar-refractivity contribution in [1.29, 1.82) is 0 Å². The number of aromatic amines is 1. The molecular weight excluding hydrogens is 214 g/mol. The molecule has 0 saturated carbocycles. The summed E-state index contributed by atoms with van der Waals surface area (Å²) in [5.41, 5.74) is 3.67. The molecule has 0 bridgehead atoms. The average Bonchev–Trinajstić information content (AvgIpc) is 2.94. The molecule has 0 saturated heterocycles. The van der Waals surface area contributed by atoms with Crippen LogP contribution in [0.15, 0.2) is 30.3 Å². The minimum absolute atomic E-state index is 0.635. The van der Waals surface area contributed by atoms with E-state index in [1.54, 1.807) is 0 Å². The summed E-state index contributed by atoms with van der Waals surface area (Å²) in [6.45, 7) is 2.01. The van der Waals surface area contributed by atoms with Crippen molar-refractivity contribution in [2.75, 3.05) is 13.1 Å². The molecule has 0 unspecified atom stereocenters. The lowest BCUT2D eigenvalue weighted by Gasteiger charge is -2.14.